The first-order valence-electron chi connectivity index (χ1n) is 7.48. The highest BCUT2D eigenvalue weighted by Crippen LogP contribution is 2.33. The van der Waals surface area contributed by atoms with Gasteiger partial charge in [0.05, 0.1) is 5.56 Å². The predicted molar refractivity (Wildman–Crippen MR) is 81.6 cm³/mol. The molecule has 0 aromatic heterocycles. The molecule has 1 amide bonds. The SMILES string of the molecule is O=C(NCc1ccc(C(F)(F)F)cc1)[C@@]1(F)Cc2ccccc2C1=O. The average molecular weight is 351 g/mol. The number of carbonyl (C=O) groups is 2. The molecule has 1 aliphatic carbocycles. The fourth-order valence-electron chi connectivity index (χ4n) is 2.77. The zero-order valence-electron chi connectivity index (χ0n) is 12.9. The highest BCUT2D eigenvalue weighted by Gasteiger charge is 2.52. The van der Waals surface area contributed by atoms with Gasteiger partial charge in [-0.1, -0.05) is 36.4 Å². The molecule has 2 aromatic carbocycles. The van der Waals surface area contributed by atoms with E-state index in [4.69, 9.17) is 0 Å². The van der Waals surface area contributed by atoms with Crippen molar-refractivity contribution in [3.05, 3.63) is 70.8 Å². The number of hydrogen-bond acceptors (Lipinski definition) is 2. The van der Waals surface area contributed by atoms with E-state index in [9.17, 15) is 27.2 Å². The van der Waals surface area contributed by atoms with Gasteiger partial charge in [0.15, 0.2) is 0 Å². The van der Waals surface area contributed by atoms with Crippen molar-refractivity contribution in [2.75, 3.05) is 0 Å². The van der Waals surface area contributed by atoms with Crippen LogP contribution in [-0.4, -0.2) is 17.4 Å². The van der Waals surface area contributed by atoms with Gasteiger partial charge >= 0.3 is 6.18 Å². The van der Waals surface area contributed by atoms with Crippen LogP contribution in [0, 0.1) is 0 Å². The molecular weight excluding hydrogens is 338 g/mol. The van der Waals surface area contributed by atoms with E-state index in [1.807, 2.05) is 0 Å². The zero-order chi connectivity index (χ0) is 18.2. The summed E-state index contributed by atoms with van der Waals surface area (Å²) in [7, 11) is 0. The molecule has 0 fully saturated rings. The Morgan fingerprint density at radius 2 is 1.72 bits per heavy atom. The van der Waals surface area contributed by atoms with Crippen molar-refractivity contribution in [3.63, 3.8) is 0 Å². The van der Waals surface area contributed by atoms with Crippen LogP contribution in [-0.2, 0) is 23.9 Å². The van der Waals surface area contributed by atoms with E-state index in [1.165, 1.54) is 18.2 Å². The molecule has 0 bridgehead atoms. The molecule has 7 heteroatoms. The third-order valence-electron chi connectivity index (χ3n) is 4.15. The number of amides is 1. The summed E-state index contributed by atoms with van der Waals surface area (Å²) in [5.74, 6) is -1.98. The number of alkyl halides is 4. The third kappa shape index (κ3) is 3.14. The molecule has 130 valence electrons. The number of halogens is 4. The van der Waals surface area contributed by atoms with Crippen molar-refractivity contribution < 1.29 is 27.2 Å². The second-order valence-corrected chi connectivity index (χ2v) is 5.84. The van der Waals surface area contributed by atoms with E-state index < -0.39 is 29.1 Å². The Kier molecular flexibility index (Phi) is 4.10. The van der Waals surface area contributed by atoms with E-state index in [0.717, 1.165) is 12.1 Å². The van der Waals surface area contributed by atoms with E-state index in [-0.39, 0.29) is 18.5 Å². The highest BCUT2D eigenvalue weighted by molar-refractivity contribution is 6.20. The summed E-state index contributed by atoms with van der Waals surface area (Å²) in [5.41, 5.74) is -2.50. The fourth-order valence-corrected chi connectivity index (χ4v) is 2.77. The van der Waals surface area contributed by atoms with Crippen molar-refractivity contribution in [2.24, 2.45) is 0 Å². The Bertz CT molecular complexity index is 830. The van der Waals surface area contributed by atoms with Gasteiger partial charge in [-0.15, -0.1) is 0 Å². The van der Waals surface area contributed by atoms with Crippen LogP contribution in [0.2, 0.25) is 0 Å². The van der Waals surface area contributed by atoms with E-state index in [2.05, 4.69) is 5.32 Å². The Morgan fingerprint density at radius 3 is 2.32 bits per heavy atom. The quantitative estimate of drug-likeness (QED) is 0.680. The molecular formula is C18H13F4NO2. The van der Waals surface area contributed by atoms with Gasteiger partial charge in [0.1, 0.15) is 0 Å². The largest absolute Gasteiger partial charge is 0.416 e. The molecule has 0 spiro atoms. The van der Waals surface area contributed by atoms with Crippen molar-refractivity contribution in [1.29, 1.82) is 0 Å². The molecule has 0 unspecified atom stereocenters. The highest BCUT2D eigenvalue weighted by atomic mass is 19.4. The zero-order valence-corrected chi connectivity index (χ0v) is 12.9. The molecule has 3 nitrogen and oxygen atoms in total. The molecule has 0 aliphatic heterocycles. The Balaban J connectivity index is 1.68. The number of hydrogen-bond donors (Lipinski definition) is 1. The van der Waals surface area contributed by atoms with Gasteiger partial charge in [-0.25, -0.2) is 4.39 Å². The van der Waals surface area contributed by atoms with Crippen LogP contribution in [0.1, 0.15) is 27.0 Å². The van der Waals surface area contributed by atoms with Crippen LogP contribution in [0.25, 0.3) is 0 Å². The molecule has 1 atom stereocenters. The third-order valence-corrected chi connectivity index (χ3v) is 4.15. The lowest BCUT2D eigenvalue weighted by Crippen LogP contribution is -2.47. The van der Waals surface area contributed by atoms with Crippen molar-refractivity contribution >= 4 is 11.7 Å². The van der Waals surface area contributed by atoms with Gasteiger partial charge in [0.2, 0.25) is 5.78 Å². The lowest BCUT2D eigenvalue weighted by atomic mass is 10.00. The minimum Gasteiger partial charge on any atom is -0.349 e. The molecule has 0 heterocycles. The standard InChI is InChI=1S/C18H13F4NO2/c19-17(9-12-3-1-2-4-14(12)15(17)24)16(25)23-10-11-5-7-13(8-6-11)18(20,21)22/h1-8H,9-10H2,(H,23,25)/t17-/m1/s1. The first-order valence-corrected chi connectivity index (χ1v) is 7.48. The van der Waals surface area contributed by atoms with Gasteiger partial charge in [0, 0.05) is 18.5 Å². The average Bonchev–Trinajstić information content (AvgIpc) is 2.85. The number of nitrogens with one attached hydrogen (secondary N) is 1. The Labute approximate surface area is 140 Å². The van der Waals surface area contributed by atoms with Crippen molar-refractivity contribution in [1.82, 2.24) is 5.32 Å². The molecule has 0 radical (unpaired) electrons. The summed E-state index contributed by atoms with van der Waals surface area (Å²) in [6.45, 7) is -0.174. The lowest BCUT2D eigenvalue weighted by Gasteiger charge is -2.17. The second kappa shape index (κ2) is 5.98. The van der Waals surface area contributed by atoms with Gasteiger partial charge in [0.25, 0.3) is 11.6 Å². The molecule has 0 saturated carbocycles. The summed E-state index contributed by atoms with van der Waals surface area (Å²) in [6.07, 6.45) is -4.80. The summed E-state index contributed by atoms with van der Waals surface area (Å²) in [6, 6.07) is 10.4. The van der Waals surface area contributed by atoms with Crippen LogP contribution in [0.5, 0.6) is 0 Å². The minimum atomic E-state index is -4.45. The number of ketones is 1. The molecule has 1 aliphatic rings. The second-order valence-electron chi connectivity index (χ2n) is 5.84. The Morgan fingerprint density at radius 1 is 1.08 bits per heavy atom. The molecule has 2 aromatic rings. The minimum absolute atomic E-state index is 0.174. The topological polar surface area (TPSA) is 46.2 Å². The van der Waals surface area contributed by atoms with Gasteiger partial charge in [-0.3, -0.25) is 9.59 Å². The fraction of sp³-hybridized carbons (Fsp3) is 0.222. The van der Waals surface area contributed by atoms with E-state index in [0.29, 0.717) is 11.1 Å². The normalized spacial score (nSPS) is 19.6. The molecule has 1 N–H and O–H groups in total. The number of fused-ring (bicyclic) bond motifs is 1. The maximum absolute atomic E-state index is 14.9. The summed E-state index contributed by atoms with van der Waals surface area (Å²) >= 11 is 0. The van der Waals surface area contributed by atoms with Crippen LogP contribution < -0.4 is 5.32 Å². The number of benzene rings is 2. The van der Waals surface area contributed by atoms with Crippen LogP contribution in [0.3, 0.4) is 0 Å². The molecule has 3 rings (SSSR count). The van der Waals surface area contributed by atoms with E-state index >= 15 is 0 Å². The maximum atomic E-state index is 14.9. The maximum Gasteiger partial charge on any atom is 0.416 e. The number of carbonyl (C=O) groups excluding carboxylic acids is 2. The predicted octanol–water partition coefficient (Wildman–Crippen LogP) is 3.47. The number of Topliss-reactive ketones (excluding diaryl/α,β-unsaturated/α-hetero) is 1. The van der Waals surface area contributed by atoms with Gasteiger partial charge < -0.3 is 5.32 Å². The van der Waals surface area contributed by atoms with Crippen LogP contribution in [0.15, 0.2) is 48.5 Å². The first-order chi connectivity index (χ1) is 11.7. The smallest absolute Gasteiger partial charge is 0.349 e. The van der Waals surface area contributed by atoms with Crippen molar-refractivity contribution in [2.45, 2.75) is 24.8 Å². The Hall–Kier alpha value is -2.70. The van der Waals surface area contributed by atoms with Crippen molar-refractivity contribution in [3.8, 4) is 0 Å². The van der Waals surface area contributed by atoms with Crippen LogP contribution in [0.4, 0.5) is 17.6 Å². The summed E-state index contributed by atoms with van der Waals surface area (Å²) < 4.78 is 52.4. The van der Waals surface area contributed by atoms with Crippen LogP contribution >= 0.6 is 0 Å². The van der Waals surface area contributed by atoms with E-state index in [1.54, 1.807) is 18.2 Å². The first kappa shape index (κ1) is 17.1. The van der Waals surface area contributed by atoms with Gasteiger partial charge in [-0.05, 0) is 23.3 Å². The molecule has 25 heavy (non-hydrogen) atoms. The number of rotatable bonds is 3. The lowest BCUT2D eigenvalue weighted by molar-refractivity contribution is -0.137. The monoisotopic (exact) mass is 351 g/mol. The summed E-state index contributed by atoms with van der Waals surface area (Å²) in [5, 5.41) is 2.29. The summed E-state index contributed by atoms with van der Waals surface area (Å²) in [4.78, 5) is 24.3. The molecule has 0 saturated heterocycles. The van der Waals surface area contributed by atoms with Gasteiger partial charge in [-0.2, -0.15) is 13.2 Å².